The lowest BCUT2D eigenvalue weighted by Crippen LogP contribution is -1.91. The standard InChI is InChI=1S/C54H32S/c1-2-13-37-31-39(26-23-33(37)11-1)51-45-19-9-7-17-43(45)50(44-18-8-10-20-46(44)51)36-24-21-34(22-25-36)38-28-29-47-49(32-38)41-15-5-6-16-42(41)52-48-30-27-35-12-3-4-14-40(35)53(48)55-54(47)52/h1-32H. The molecule has 0 saturated carbocycles. The van der Waals surface area contributed by atoms with Gasteiger partial charge in [0, 0.05) is 25.6 Å². The first-order chi connectivity index (χ1) is 27.3. The Labute approximate surface area is 322 Å². The van der Waals surface area contributed by atoms with E-state index in [0.29, 0.717) is 0 Å². The first kappa shape index (κ1) is 30.6. The summed E-state index contributed by atoms with van der Waals surface area (Å²) in [6.45, 7) is 0. The Morgan fingerprint density at radius 3 is 1.44 bits per heavy atom. The maximum atomic E-state index is 2.41. The summed E-state index contributed by atoms with van der Waals surface area (Å²) in [4.78, 5) is 0. The first-order valence-electron chi connectivity index (χ1n) is 19.0. The van der Waals surface area contributed by atoms with Crippen molar-refractivity contribution in [1.29, 1.82) is 0 Å². The third-order valence-corrected chi connectivity index (χ3v) is 13.1. The Morgan fingerprint density at radius 1 is 0.236 bits per heavy atom. The van der Waals surface area contributed by atoms with Crippen LogP contribution in [0.4, 0.5) is 0 Å². The molecule has 12 aromatic rings. The molecule has 0 spiro atoms. The lowest BCUT2D eigenvalue weighted by Gasteiger charge is -2.18. The normalized spacial score (nSPS) is 12.0. The van der Waals surface area contributed by atoms with Gasteiger partial charge in [0.2, 0.25) is 0 Å². The van der Waals surface area contributed by atoms with Gasteiger partial charge in [0.05, 0.1) is 0 Å². The molecule has 0 radical (unpaired) electrons. The molecule has 0 aliphatic carbocycles. The maximum Gasteiger partial charge on any atom is 0.0440 e. The Kier molecular flexibility index (Phi) is 6.60. The van der Waals surface area contributed by atoms with Gasteiger partial charge in [-0.3, -0.25) is 0 Å². The third kappa shape index (κ3) is 4.57. The molecular weight excluding hydrogens is 681 g/mol. The third-order valence-electron chi connectivity index (χ3n) is 11.8. The average molecular weight is 713 g/mol. The van der Waals surface area contributed by atoms with E-state index >= 15 is 0 Å². The topological polar surface area (TPSA) is 0 Å². The van der Waals surface area contributed by atoms with Gasteiger partial charge in [-0.1, -0.05) is 182 Å². The molecule has 1 heterocycles. The van der Waals surface area contributed by atoms with Crippen molar-refractivity contribution in [3.05, 3.63) is 194 Å². The van der Waals surface area contributed by atoms with Crippen molar-refractivity contribution in [3.63, 3.8) is 0 Å². The van der Waals surface area contributed by atoms with Crippen LogP contribution < -0.4 is 0 Å². The number of benzene rings is 11. The Balaban J connectivity index is 1.03. The lowest BCUT2D eigenvalue weighted by atomic mass is 9.85. The summed E-state index contributed by atoms with van der Waals surface area (Å²) >= 11 is 1.94. The number of thiophene rings is 1. The molecule has 12 rings (SSSR count). The van der Waals surface area contributed by atoms with Gasteiger partial charge < -0.3 is 0 Å². The zero-order valence-electron chi connectivity index (χ0n) is 29.9. The van der Waals surface area contributed by atoms with Crippen molar-refractivity contribution in [2.24, 2.45) is 0 Å². The highest BCUT2D eigenvalue weighted by Crippen LogP contribution is 2.48. The molecule has 0 saturated heterocycles. The van der Waals surface area contributed by atoms with Crippen molar-refractivity contribution < 1.29 is 0 Å². The Hall–Kier alpha value is -6.80. The highest BCUT2D eigenvalue weighted by atomic mass is 32.1. The van der Waals surface area contributed by atoms with Crippen LogP contribution in [0.1, 0.15) is 0 Å². The van der Waals surface area contributed by atoms with Gasteiger partial charge in [-0.25, -0.2) is 0 Å². The Morgan fingerprint density at radius 2 is 0.727 bits per heavy atom. The SMILES string of the molecule is c1ccc2cc(-c3c4ccccc4c(-c4ccc(-c5ccc6c(c5)c5ccccc5c5c7ccc8ccccc8c7sc65)cc4)c4ccccc34)ccc2c1. The van der Waals surface area contributed by atoms with Crippen LogP contribution >= 0.6 is 11.3 Å². The Bertz CT molecular complexity index is 3470. The van der Waals surface area contributed by atoms with Crippen LogP contribution in [0.15, 0.2) is 194 Å². The zero-order chi connectivity index (χ0) is 36.0. The van der Waals surface area contributed by atoms with E-state index in [1.165, 1.54) is 118 Å². The lowest BCUT2D eigenvalue weighted by molar-refractivity contribution is 1.63. The van der Waals surface area contributed by atoms with Gasteiger partial charge in [-0.2, -0.15) is 0 Å². The van der Waals surface area contributed by atoms with Crippen LogP contribution in [0.2, 0.25) is 0 Å². The van der Waals surface area contributed by atoms with Crippen LogP contribution in [0, 0.1) is 0 Å². The van der Waals surface area contributed by atoms with Gasteiger partial charge in [0.1, 0.15) is 0 Å². The zero-order valence-corrected chi connectivity index (χ0v) is 30.7. The predicted octanol–water partition coefficient (Wildman–Crippen LogP) is 16.0. The fourth-order valence-corrected chi connectivity index (χ4v) is 10.7. The smallest absolute Gasteiger partial charge is 0.0440 e. The van der Waals surface area contributed by atoms with Crippen molar-refractivity contribution in [2.45, 2.75) is 0 Å². The summed E-state index contributed by atoms with van der Waals surface area (Å²) in [5.41, 5.74) is 7.51. The highest BCUT2D eigenvalue weighted by molar-refractivity contribution is 7.27. The number of rotatable bonds is 3. The van der Waals surface area contributed by atoms with E-state index in [9.17, 15) is 0 Å². The molecular formula is C54H32S. The number of hydrogen-bond acceptors (Lipinski definition) is 1. The van der Waals surface area contributed by atoms with E-state index < -0.39 is 0 Å². The summed E-state index contributed by atoms with van der Waals surface area (Å²) < 4.78 is 2.74. The van der Waals surface area contributed by atoms with Crippen LogP contribution in [0.3, 0.4) is 0 Å². The highest BCUT2D eigenvalue weighted by Gasteiger charge is 2.19. The van der Waals surface area contributed by atoms with E-state index in [0.717, 1.165) is 0 Å². The summed E-state index contributed by atoms with van der Waals surface area (Å²) in [5.74, 6) is 0. The van der Waals surface area contributed by atoms with Crippen LogP contribution in [-0.4, -0.2) is 0 Å². The minimum absolute atomic E-state index is 1.22. The summed E-state index contributed by atoms with van der Waals surface area (Å²) in [7, 11) is 0. The summed E-state index contributed by atoms with van der Waals surface area (Å²) in [5, 5.41) is 18.2. The van der Waals surface area contributed by atoms with Gasteiger partial charge in [0.15, 0.2) is 0 Å². The van der Waals surface area contributed by atoms with Crippen molar-refractivity contribution in [1.82, 2.24) is 0 Å². The molecule has 0 fully saturated rings. The maximum absolute atomic E-state index is 2.41. The predicted molar refractivity (Wildman–Crippen MR) is 241 cm³/mol. The van der Waals surface area contributed by atoms with E-state index in [2.05, 4.69) is 194 Å². The molecule has 254 valence electrons. The van der Waals surface area contributed by atoms with Crippen LogP contribution in [-0.2, 0) is 0 Å². The van der Waals surface area contributed by atoms with E-state index in [1.54, 1.807) is 0 Å². The summed E-state index contributed by atoms with van der Waals surface area (Å²) in [6.07, 6.45) is 0. The molecule has 1 aromatic heterocycles. The molecule has 0 amide bonds. The molecule has 0 aliphatic heterocycles. The second-order valence-electron chi connectivity index (χ2n) is 14.8. The quantitative estimate of drug-likeness (QED) is 0.126. The van der Waals surface area contributed by atoms with Gasteiger partial charge in [-0.05, 0) is 105 Å². The molecule has 0 nitrogen and oxygen atoms in total. The van der Waals surface area contributed by atoms with E-state index in [-0.39, 0.29) is 0 Å². The van der Waals surface area contributed by atoms with E-state index in [4.69, 9.17) is 0 Å². The van der Waals surface area contributed by atoms with Crippen molar-refractivity contribution >= 4 is 96.1 Å². The second-order valence-corrected chi connectivity index (χ2v) is 15.8. The van der Waals surface area contributed by atoms with Crippen LogP contribution in [0.5, 0.6) is 0 Å². The summed E-state index contributed by atoms with van der Waals surface area (Å²) in [6, 6.07) is 72.1. The number of fused-ring (bicyclic) bond motifs is 13. The molecule has 0 unspecified atom stereocenters. The van der Waals surface area contributed by atoms with Gasteiger partial charge >= 0.3 is 0 Å². The molecule has 0 aliphatic rings. The minimum atomic E-state index is 1.22. The fraction of sp³-hybridized carbons (Fsp3) is 0. The van der Waals surface area contributed by atoms with Gasteiger partial charge in [0.25, 0.3) is 0 Å². The average Bonchev–Trinajstić information content (AvgIpc) is 3.66. The molecule has 0 N–H and O–H groups in total. The molecule has 0 bridgehead atoms. The monoisotopic (exact) mass is 712 g/mol. The van der Waals surface area contributed by atoms with Crippen LogP contribution in [0.25, 0.3) is 118 Å². The largest absolute Gasteiger partial charge is 0.134 e. The van der Waals surface area contributed by atoms with E-state index in [1.807, 2.05) is 11.3 Å². The molecule has 0 atom stereocenters. The molecule has 1 heteroatoms. The molecule has 11 aromatic carbocycles. The second kappa shape index (κ2) is 11.9. The minimum Gasteiger partial charge on any atom is -0.134 e. The van der Waals surface area contributed by atoms with Gasteiger partial charge in [-0.15, -0.1) is 11.3 Å². The number of hydrogen-bond donors (Lipinski definition) is 0. The first-order valence-corrected chi connectivity index (χ1v) is 19.8. The fourth-order valence-electron chi connectivity index (χ4n) is 9.29. The van der Waals surface area contributed by atoms with Crippen molar-refractivity contribution in [3.8, 4) is 33.4 Å². The van der Waals surface area contributed by atoms with Crippen molar-refractivity contribution in [2.75, 3.05) is 0 Å². The molecule has 55 heavy (non-hydrogen) atoms.